The fourth-order valence-electron chi connectivity index (χ4n) is 2.30. The van der Waals surface area contributed by atoms with Gasteiger partial charge in [-0.3, -0.25) is 9.59 Å². The van der Waals surface area contributed by atoms with Gasteiger partial charge in [0.25, 0.3) is 0 Å². The van der Waals surface area contributed by atoms with Crippen LogP contribution in [0.25, 0.3) is 0 Å². The summed E-state index contributed by atoms with van der Waals surface area (Å²) in [4.78, 5) is 70.4. The molecule has 4 unspecified atom stereocenters. The molecule has 0 aromatic carbocycles. The Morgan fingerprint density at radius 3 is 1.09 bits per heavy atom. The molecule has 194 valence electrons. The third-order valence-corrected chi connectivity index (χ3v) is 4.12. The van der Waals surface area contributed by atoms with Gasteiger partial charge in [0.05, 0.1) is 13.2 Å². The highest BCUT2D eigenvalue weighted by atomic mass is 16.6. The van der Waals surface area contributed by atoms with E-state index in [-0.39, 0.29) is 38.9 Å². The largest absolute Gasteiger partial charge is 0.463 e. The molecule has 12 nitrogen and oxygen atoms in total. The summed E-state index contributed by atoms with van der Waals surface area (Å²) < 4.78 is 29.1. The second-order valence-corrected chi connectivity index (χ2v) is 7.13. The van der Waals surface area contributed by atoms with E-state index in [2.05, 4.69) is 0 Å². The Morgan fingerprint density at radius 1 is 0.500 bits per heavy atom. The van der Waals surface area contributed by atoms with Crippen molar-refractivity contribution < 1.29 is 57.2 Å². The molecule has 0 aliphatic heterocycles. The zero-order chi connectivity index (χ0) is 26.3. The Bertz CT molecular complexity index is 657. The van der Waals surface area contributed by atoms with Crippen molar-refractivity contribution in [2.75, 3.05) is 13.2 Å². The minimum Gasteiger partial charge on any atom is -0.463 e. The first-order valence-electron chi connectivity index (χ1n) is 11.1. The summed E-state index contributed by atoms with van der Waals surface area (Å²) in [7, 11) is 0. The molecule has 0 bridgehead atoms. The Kier molecular flexibility index (Phi) is 14.9. The topological polar surface area (TPSA) is 158 Å². The lowest BCUT2D eigenvalue weighted by molar-refractivity contribution is -0.177. The van der Waals surface area contributed by atoms with Gasteiger partial charge in [0.15, 0.2) is 24.4 Å². The molecule has 34 heavy (non-hydrogen) atoms. The van der Waals surface area contributed by atoms with Crippen LogP contribution < -0.4 is 0 Å². The molecule has 0 aromatic heterocycles. The maximum atomic E-state index is 11.9. The number of carbonyl (C=O) groups is 6. The first-order valence-corrected chi connectivity index (χ1v) is 11.1. The summed E-state index contributed by atoms with van der Waals surface area (Å²) in [6.07, 6.45) is -4.35. The van der Waals surface area contributed by atoms with E-state index in [9.17, 15) is 28.8 Å². The Labute approximate surface area is 198 Å². The Balaban J connectivity index is 4.20. The summed E-state index contributed by atoms with van der Waals surface area (Å²) in [6, 6.07) is 0. The van der Waals surface area contributed by atoms with Crippen molar-refractivity contribution in [2.45, 2.75) is 91.6 Å². The average molecular weight is 491 g/mol. The van der Waals surface area contributed by atoms with Crippen molar-refractivity contribution in [1.29, 1.82) is 0 Å². The normalized spacial score (nSPS) is 13.9. The number of hydrogen-bond acceptors (Lipinski definition) is 12. The van der Waals surface area contributed by atoms with Gasteiger partial charge < -0.3 is 28.4 Å². The summed E-state index contributed by atoms with van der Waals surface area (Å²) >= 11 is 0. The molecule has 0 spiro atoms. The lowest BCUT2D eigenvalue weighted by Gasteiger charge is -2.16. The van der Waals surface area contributed by atoms with Gasteiger partial charge in [0.2, 0.25) is 0 Å². The summed E-state index contributed by atoms with van der Waals surface area (Å²) in [5, 5.41) is 0. The Hall–Kier alpha value is -3.18. The van der Waals surface area contributed by atoms with Gasteiger partial charge in [0, 0.05) is 12.8 Å². The maximum absolute atomic E-state index is 11.9. The molecular weight excluding hydrogens is 456 g/mol. The highest BCUT2D eigenvalue weighted by Gasteiger charge is 2.26. The third-order valence-electron chi connectivity index (χ3n) is 4.12. The van der Waals surface area contributed by atoms with Crippen LogP contribution in [0.1, 0.15) is 67.2 Å². The number of carbonyl (C=O) groups excluding carboxylic acids is 6. The lowest BCUT2D eigenvalue weighted by atomic mass is 10.2. The van der Waals surface area contributed by atoms with E-state index in [0.29, 0.717) is 0 Å². The minimum absolute atomic E-state index is 0.0764. The van der Waals surface area contributed by atoms with Crippen LogP contribution in [0.4, 0.5) is 0 Å². The smallest absolute Gasteiger partial charge is 0.347 e. The number of esters is 6. The van der Waals surface area contributed by atoms with Gasteiger partial charge in [0.1, 0.15) is 0 Å². The van der Waals surface area contributed by atoms with Crippen molar-refractivity contribution in [3.05, 3.63) is 0 Å². The van der Waals surface area contributed by atoms with Crippen LogP contribution in [0.2, 0.25) is 0 Å². The van der Waals surface area contributed by atoms with Gasteiger partial charge >= 0.3 is 35.8 Å². The highest BCUT2D eigenvalue weighted by molar-refractivity contribution is 5.83. The van der Waals surface area contributed by atoms with E-state index in [4.69, 9.17) is 28.4 Å². The fourth-order valence-corrected chi connectivity index (χ4v) is 2.30. The second-order valence-electron chi connectivity index (χ2n) is 7.13. The molecule has 12 heteroatoms. The van der Waals surface area contributed by atoms with Crippen LogP contribution in [0.5, 0.6) is 0 Å². The number of rotatable bonds is 15. The van der Waals surface area contributed by atoms with Crippen molar-refractivity contribution in [1.82, 2.24) is 0 Å². The van der Waals surface area contributed by atoms with E-state index in [1.54, 1.807) is 13.8 Å². The molecule has 0 aliphatic carbocycles. The average Bonchev–Trinajstić information content (AvgIpc) is 2.76. The molecule has 4 atom stereocenters. The first kappa shape index (κ1) is 30.8. The SMILES string of the molecule is CCOC(=O)C(C)OC(=O)C(C)OC(=O)CCCCC(=O)OC(C)C(=O)OC(C)C(=O)OCC. The minimum atomic E-state index is -1.22. The molecule has 0 heterocycles. The van der Waals surface area contributed by atoms with Gasteiger partial charge in [-0.05, 0) is 54.4 Å². The molecule has 0 saturated carbocycles. The van der Waals surface area contributed by atoms with Crippen LogP contribution in [0, 0.1) is 0 Å². The van der Waals surface area contributed by atoms with Crippen molar-refractivity contribution >= 4 is 35.8 Å². The third kappa shape index (κ3) is 12.8. The quantitative estimate of drug-likeness (QED) is 0.185. The molecule has 0 rings (SSSR count). The predicted molar refractivity (Wildman–Crippen MR) is 114 cm³/mol. The van der Waals surface area contributed by atoms with Gasteiger partial charge in [-0.2, -0.15) is 0 Å². The molecule has 0 radical (unpaired) electrons. The monoisotopic (exact) mass is 490 g/mol. The van der Waals surface area contributed by atoms with Crippen LogP contribution >= 0.6 is 0 Å². The van der Waals surface area contributed by atoms with E-state index in [0.717, 1.165) is 0 Å². The van der Waals surface area contributed by atoms with Gasteiger partial charge in [-0.15, -0.1) is 0 Å². The molecule has 0 saturated heterocycles. The zero-order valence-corrected chi connectivity index (χ0v) is 20.5. The summed E-state index contributed by atoms with van der Waals surface area (Å²) in [5.41, 5.74) is 0. The van der Waals surface area contributed by atoms with E-state index in [1.807, 2.05) is 0 Å². The van der Waals surface area contributed by atoms with Crippen molar-refractivity contribution in [2.24, 2.45) is 0 Å². The highest BCUT2D eigenvalue weighted by Crippen LogP contribution is 2.08. The molecule has 0 aliphatic rings. The van der Waals surface area contributed by atoms with E-state index in [1.165, 1.54) is 27.7 Å². The molecule has 0 fully saturated rings. The molecular formula is C22H34O12. The van der Waals surface area contributed by atoms with Gasteiger partial charge in [-0.25, -0.2) is 19.2 Å². The number of hydrogen-bond donors (Lipinski definition) is 0. The molecule has 0 N–H and O–H groups in total. The maximum Gasteiger partial charge on any atom is 0.347 e. The number of ether oxygens (including phenoxy) is 6. The number of unbranched alkanes of at least 4 members (excludes halogenated alkanes) is 1. The van der Waals surface area contributed by atoms with Crippen LogP contribution in [0.15, 0.2) is 0 Å². The van der Waals surface area contributed by atoms with Crippen LogP contribution in [0.3, 0.4) is 0 Å². The Morgan fingerprint density at radius 2 is 0.794 bits per heavy atom. The predicted octanol–water partition coefficient (Wildman–Crippen LogP) is 1.40. The van der Waals surface area contributed by atoms with Crippen molar-refractivity contribution in [3.63, 3.8) is 0 Å². The summed E-state index contributed by atoms with van der Waals surface area (Å²) in [5.74, 6) is -4.58. The van der Waals surface area contributed by atoms with Crippen molar-refractivity contribution in [3.8, 4) is 0 Å². The van der Waals surface area contributed by atoms with E-state index < -0.39 is 60.2 Å². The second kappa shape index (κ2) is 16.4. The molecule has 0 amide bonds. The standard InChI is InChI=1S/C22H34O12/c1-7-29-19(25)13(3)33-21(27)15(5)31-17(23)11-9-10-12-18(24)32-16(6)22(28)34-14(4)20(26)30-8-2/h13-16H,7-12H2,1-6H3. The first-order chi connectivity index (χ1) is 15.9. The van der Waals surface area contributed by atoms with Gasteiger partial charge in [-0.1, -0.05) is 0 Å². The van der Waals surface area contributed by atoms with Crippen LogP contribution in [-0.2, 0) is 57.2 Å². The fraction of sp³-hybridized carbons (Fsp3) is 0.727. The summed E-state index contributed by atoms with van der Waals surface area (Å²) in [6.45, 7) is 8.78. The van der Waals surface area contributed by atoms with Crippen LogP contribution in [-0.4, -0.2) is 73.4 Å². The lowest BCUT2D eigenvalue weighted by Crippen LogP contribution is -2.33. The molecule has 0 aromatic rings. The zero-order valence-electron chi connectivity index (χ0n) is 20.5. The van der Waals surface area contributed by atoms with E-state index >= 15 is 0 Å².